The summed E-state index contributed by atoms with van der Waals surface area (Å²) in [5.74, 6) is -0.770. The first-order valence-electron chi connectivity index (χ1n) is 6.41. The van der Waals surface area contributed by atoms with Gasteiger partial charge in [-0.15, -0.1) is 11.3 Å². The highest BCUT2D eigenvalue weighted by molar-refractivity contribution is 7.16. The lowest BCUT2D eigenvalue weighted by Crippen LogP contribution is -2.26. The van der Waals surface area contributed by atoms with E-state index in [1.807, 2.05) is 0 Å². The Balaban J connectivity index is 2.26. The van der Waals surface area contributed by atoms with Gasteiger partial charge in [0.2, 0.25) is 0 Å². The Kier molecular flexibility index (Phi) is 5.39. The number of carbonyl (C=O) groups is 1. The zero-order valence-corrected chi connectivity index (χ0v) is 14.3. The van der Waals surface area contributed by atoms with Crippen molar-refractivity contribution in [3.05, 3.63) is 16.0 Å². The maximum absolute atomic E-state index is 11.7. The van der Waals surface area contributed by atoms with Crippen molar-refractivity contribution in [1.29, 1.82) is 5.26 Å². The number of amides is 1. The van der Waals surface area contributed by atoms with Gasteiger partial charge in [-0.05, 0) is 12.0 Å². The van der Waals surface area contributed by atoms with Crippen molar-refractivity contribution < 1.29 is 9.53 Å². The number of carbonyl (C=O) groups excluding carboxylic acids is 1. The topological polar surface area (TPSA) is 62.1 Å². The third-order valence-corrected chi connectivity index (χ3v) is 4.82. The Morgan fingerprint density at radius 3 is 2.86 bits per heavy atom. The summed E-state index contributed by atoms with van der Waals surface area (Å²) in [6.45, 7) is 2.54. The van der Waals surface area contributed by atoms with E-state index >= 15 is 0 Å². The number of nitriles is 1. The number of rotatable bonds is 3. The number of hydrogen-bond acceptors (Lipinski definition) is 4. The van der Waals surface area contributed by atoms with Gasteiger partial charge in [0, 0.05) is 11.3 Å². The Morgan fingerprint density at radius 1 is 1.57 bits per heavy atom. The molecule has 114 valence electrons. The summed E-state index contributed by atoms with van der Waals surface area (Å²) in [5.41, 5.74) is 1.38. The lowest BCUT2D eigenvalue weighted by molar-refractivity contribution is -0.115. The van der Waals surface area contributed by atoms with Crippen LogP contribution in [-0.2, 0) is 22.6 Å². The number of halogens is 3. The minimum absolute atomic E-state index is 0.112. The van der Waals surface area contributed by atoms with Crippen molar-refractivity contribution in [3.63, 3.8) is 0 Å². The molecule has 2 rings (SSSR count). The van der Waals surface area contributed by atoms with E-state index in [0.29, 0.717) is 23.6 Å². The van der Waals surface area contributed by atoms with E-state index in [2.05, 4.69) is 18.3 Å². The normalized spacial score (nSPS) is 18.0. The molecule has 0 saturated carbocycles. The molecule has 0 spiro atoms. The molecule has 1 aromatic heterocycles. The molecule has 0 aromatic carbocycles. The average molecular weight is 368 g/mol. The van der Waals surface area contributed by atoms with Crippen LogP contribution < -0.4 is 5.32 Å². The minimum Gasteiger partial charge on any atom is -0.372 e. The molecule has 0 unspecified atom stereocenters. The summed E-state index contributed by atoms with van der Waals surface area (Å²) in [6.07, 6.45) is 2.74. The van der Waals surface area contributed by atoms with Gasteiger partial charge < -0.3 is 10.1 Å². The molecule has 0 aliphatic carbocycles. The van der Waals surface area contributed by atoms with Crippen LogP contribution in [0.15, 0.2) is 0 Å². The smallest absolute Gasteiger partial charge is 0.277 e. The summed E-state index contributed by atoms with van der Waals surface area (Å²) in [6, 6.07) is 2.13. The van der Waals surface area contributed by atoms with Crippen LogP contribution in [0.5, 0.6) is 0 Å². The third kappa shape index (κ3) is 3.82. The second kappa shape index (κ2) is 6.72. The highest BCUT2D eigenvalue weighted by Crippen LogP contribution is 2.39. The number of ether oxygens (including phenoxy) is 1. The lowest BCUT2D eigenvalue weighted by Gasteiger charge is -2.22. The van der Waals surface area contributed by atoms with Crippen LogP contribution in [-0.4, -0.2) is 15.8 Å². The Morgan fingerprint density at radius 2 is 2.29 bits per heavy atom. The zero-order valence-electron chi connectivity index (χ0n) is 11.2. The van der Waals surface area contributed by atoms with Gasteiger partial charge in [0.05, 0.1) is 18.3 Å². The van der Waals surface area contributed by atoms with E-state index < -0.39 is 9.70 Å². The second-order valence-electron chi connectivity index (χ2n) is 4.70. The summed E-state index contributed by atoms with van der Waals surface area (Å²) in [4.78, 5) is 12.7. The van der Waals surface area contributed by atoms with Gasteiger partial charge in [0.15, 0.2) is 0 Å². The van der Waals surface area contributed by atoms with Gasteiger partial charge in [-0.2, -0.15) is 5.26 Å². The fourth-order valence-electron chi connectivity index (χ4n) is 2.21. The number of nitrogens with one attached hydrogen (secondary N) is 1. The van der Waals surface area contributed by atoms with Crippen LogP contribution in [0.3, 0.4) is 0 Å². The van der Waals surface area contributed by atoms with Gasteiger partial charge in [-0.1, -0.05) is 48.1 Å². The van der Waals surface area contributed by atoms with Gasteiger partial charge >= 0.3 is 0 Å². The van der Waals surface area contributed by atoms with Crippen LogP contribution in [0.2, 0.25) is 0 Å². The number of anilines is 1. The molecule has 0 fully saturated rings. The van der Waals surface area contributed by atoms with Crippen molar-refractivity contribution in [2.75, 3.05) is 5.32 Å². The fraction of sp³-hybridized carbons (Fsp3) is 0.538. The van der Waals surface area contributed by atoms with Crippen LogP contribution in [0.4, 0.5) is 5.00 Å². The summed E-state index contributed by atoms with van der Waals surface area (Å²) < 4.78 is 3.68. The molecule has 2 heterocycles. The molecule has 1 N–H and O–H groups in total. The van der Waals surface area contributed by atoms with E-state index in [4.69, 9.17) is 39.5 Å². The predicted octanol–water partition coefficient (Wildman–Crippen LogP) is 4.17. The molecule has 8 heteroatoms. The standard InChI is InChI=1S/C13H13Cl3N2O2S/c1-2-3-7-4-8-9(5-17)11(21-10(8)6-20-7)18-12(19)13(14,15)16/h7H,2-4,6H2,1H3,(H,18,19)/t7-/m1/s1. The molecular formula is C13H13Cl3N2O2S. The van der Waals surface area contributed by atoms with E-state index in [1.165, 1.54) is 11.3 Å². The molecule has 0 saturated heterocycles. The monoisotopic (exact) mass is 366 g/mol. The molecule has 0 radical (unpaired) electrons. The SMILES string of the molecule is CCC[C@@H]1Cc2c(sc(NC(=O)C(Cl)(Cl)Cl)c2C#N)CO1. The lowest BCUT2D eigenvalue weighted by atomic mass is 9.99. The first kappa shape index (κ1) is 16.9. The summed E-state index contributed by atoms with van der Waals surface area (Å²) >= 11 is 17.9. The quantitative estimate of drug-likeness (QED) is 0.816. The number of alkyl halides is 3. The van der Waals surface area contributed by atoms with E-state index in [1.54, 1.807) is 0 Å². The highest BCUT2D eigenvalue weighted by atomic mass is 35.6. The molecule has 1 atom stereocenters. The van der Waals surface area contributed by atoms with Crippen LogP contribution >= 0.6 is 46.1 Å². The molecule has 0 bridgehead atoms. The number of hydrogen-bond donors (Lipinski definition) is 1. The first-order chi connectivity index (χ1) is 9.86. The Hall–Kier alpha value is -0.510. The van der Waals surface area contributed by atoms with Crippen LogP contribution in [0, 0.1) is 11.3 Å². The van der Waals surface area contributed by atoms with E-state index in [-0.39, 0.29) is 6.10 Å². The number of thiophene rings is 1. The zero-order chi connectivity index (χ0) is 15.6. The minimum atomic E-state index is -2.06. The van der Waals surface area contributed by atoms with Gasteiger partial charge in [0.25, 0.3) is 9.70 Å². The Labute approximate surface area is 141 Å². The molecule has 21 heavy (non-hydrogen) atoms. The van der Waals surface area contributed by atoms with Crippen molar-refractivity contribution in [3.8, 4) is 6.07 Å². The fourth-order valence-corrected chi connectivity index (χ4v) is 3.45. The molecular weight excluding hydrogens is 355 g/mol. The van der Waals surface area contributed by atoms with Crippen molar-refractivity contribution in [1.82, 2.24) is 0 Å². The van der Waals surface area contributed by atoms with E-state index in [0.717, 1.165) is 23.3 Å². The molecule has 1 aliphatic heterocycles. The predicted molar refractivity (Wildman–Crippen MR) is 85.1 cm³/mol. The maximum Gasteiger partial charge on any atom is 0.277 e. The highest BCUT2D eigenvalue weighted by Gasteiger charge is 2.33. The van der Waals surface area contributed by atoms with Gasteiger partial charge in [-0.3, -0.25) is 4.79 Å². The van der Waals surface area contributed by atoms with Crippen molar-refractivity contribution in [2.24, 2.45) is 0 Å². The first-order valence-corrected chi connectivity index (χ1v) is 8.36. The molecule has 1 aromatic rings. The van der Waals surface area contributed by atoms with E-state index in [9.17, 15) is 10.1 Å². The second-order valence-corrected chi connectivity index (χ2v) is 8.08. The summed E-state index contributed by atoms with van der Waals surface area (Å²) in [5, 5.41) is 12.3. The number of fused-ring (bicyclic) bond motifs is 1. The van der Waals surface area contributed by atoms with Gasteiger partial charge in [-0.25, -0.2) is 0 Å². The van der Waals surface area contributed by atoms with Crippen LogP contribution in [0.25, 0.3) is 0 Å². The molecule has 1 amide bonds. The van der Waals surface area contributed by atoms with Crippen molar-refractivity contribution in [2.45, 2.75) is 42.7 Å². The third-order valence-electron chi connectivity index (χ3n) is 3.18. The largest absolute Gasteiger partial charge is 0.372 e. The Bertz CT molecular complexity index is 589. The number of nitrogens with zero attached hydrogens (tertiary/aromatic N) is 1. The maximum atomic E-state index is 11.7. The van der Waals surface area contributed by atoms with Crippen LogP contribution in [0.1, 0.15) is 35.8 Å². The van der Waals surface area contributed by atoms with Gasteiger partial charge in [0.1, 0.15) is 11.1 Å². The molecule has 1 aliphatic rings. The average Bonchev–Trinajstić information content (AvgIpc) is 2.74. The van der Waals surface area contributed by atoms with Crippen molar-refractivity contribution >= 4 is 57.0 Å². The molecule has 4 nitrogen and oxygen atoms in total. The summed E-state index contributed by atoms with van der Waals surface area (Å²) in [7, 11) is 0.